The van der Waals surface area contributed by atoms with Crippen LogP contribution in [-0.2, 0) is 4.79 Å². The Labute approximate surface area is 175 Å². The number of carbonyl (C=O) groups excluding carboxylic acids is 1. The van der Waals surface area contributed by atoms with Gasteiger partial charge in [-0.1, -0.05) is 0 Å². The maximum absolute atomic E-state index is 13.0. The maximum atomic E-state index is 13.0. The van der Waals surface area contributed by atoms with Crippen LogP contribution in [0.2, 0.25) is 0 Å². The normalized spacial score (nSPS) is 28.6. The van der Waals surface area contributed by atoms with Crippen molar-refractivity contribution >= 4 is 23.4 Å². The molecule has 160 valence electrons. The largest absolute Gasteiger partial charge is 0.483 e. The second-order valence-corrected chi connectivity index (χ2v) is 8.43. The summed E-state index contributed by atoms with van der Waals surface area (Å²) in [6.07, 6.45) is 5.73. The van der Waals surface area contributed by atoms with Crippen molar-refractivity contribution < 1.29 is 19.8 Å². The molecule has 8 heteroatoms. The molecule has 1 aliphatic carbocycles. The van der Waals surface area contributed by atoms with E-state index < -0.39 is 0 Å². The van der Waals surface area contributed by atoms with Crippen LogP contribution in [0.3, 0.4) is 0 Å². The monoisotopic (exact) mass is 412 g/mol. The average Bonchev–Trinajstić information content (AvgIpc) is 3.42. The molecule has 2 saturated heterocycles. The van der Waals surface area contributed by atoms with Crippen molar-refractivity contribution in [3.8, 4) is 0 Å². The molecule has 4 heterocycles. The number of fused-ring (bicyclic) bond motifs is 2. The number of hydrogen-bond acceptors (Lipinski definition) is 6. The van der Waals surface area contributed by atoms with Crippen LogP contribution >= 0.6 is 0 Å². The molecule has 3 aliphatic rings. The van der Waals surface area contributed by atoms with E-state index in [4.69, 9.17) is 9.90 Å². The van der Waals surface area contributed by atoms with Crippen molar-refractivity contribution in [3.05, 3.63) is 36.2 Å². The molecular formula is C22H28N4O4. The van der Waals surface area contributed by atoms with Crippen LogP contribution in [0.15, 0.2) is 30.5 Å². The Hall–Kier alpha value is -2.58. The van der Waals surface area contributed by atoms with Crippen molar-refractivity contribution in [2.75, 3.05) is 26.2 Å². The Kier molecular flexibility index (Phi) is 6.24. The summed E-state index contributed by atoms with van der Waals surface area (Å²) in [5.74, 6) is 0.882. The van der Waals surface area contributed by atoms with Gasteiger partial charge in [-0.05, 0) is 74.9 Å². The first-order chi connectivity index (χ1) is 14.6. The maximum Gasteiger partial charge on any atom is 0.290 e. The lowest BCUT2D eigenvalue weighted by atomic mass is 9.77. The van der Waals surface area contributed by atoms with Crippen LogP contribution < -0.4 is 0 Å². The summed E-state index contributed by atoms with van der Waals surface area (Å²) < 4.78 is 0. The third kappa shape index (κ3) is 4.15. The third-order valence-electron chi connectivity index (χ3n) is 6.69. The smallest absolute Gasteiger partial charge is 0.290 e. The van der Waals surface area contributed by atoms with Gasteiger partial charge < -0.3 is 15.1 Å². The number of hydrogen-bond donors (Lipinski definition) is 2. The summed E-state index contributed by atoms with van der Waals surface area (Å²) >= 11 is 0. The van der Waals surface area contributed by atoms with Gasteiger partial charge in [0.25, 0.3) is 12.4 Å². The van der Waals surface area contributed by atoms with Gasteiger partial charge in [0.2, 0.25) is 0 Å². The Morgan fingerprint density at radius 3 is 2.53 bits per heavy atom. The highest BCUT2D eigenvalue weighted by molar-refractivity contribution is 5.94. The van der Waals surface area contributed by atoms with E-state index in [1.54, 1.807) is 12.3 Å². The summed E-state index contributed by atoms with van der Waals surface area (Å²) in [4.78, 5) is 34.5. The number of carbonyl (C=O) groups is 2. The second-order valence-electron chi connectivity index (χ2n) is 8.43. The van der Waals surface area contributed by atoms with E-state index in [0.717, 1.165) is 44.4 Å². The molecule has 8 nitrogen and oxygen atoms in total. The number of carboxylic acid groups (broad SMARTS) is 1. The molecule has 2 N–H and O–H groups in total. The quantitative estimate of drug-likeness (QED) is 0.722. The molecule has 0 bridgehead atoms. The third-order valence-corrected chi connectivity index (χ3v) is 6.69. The van der Waals surface area contributed by atoms with Gasteiger partial charge in [-0.25, -0.2) is 9.97 Å². The molecule has 0 spiro atoms. The van der Waals surface area contributed by atoms with E-state index in [9.17, 15) is 9.90 Å². The highest BCUT2D eigenvalue weighted by atomic mass is 16.3. The fourth-order valence-electron chi connectivity index (χ4n) is 5.27. The summed E-state index contributed by atoms with van der Waals surface area (Å²) in [5.41, 5.74) is 1.08. The SMILES string of the molecule is O=C(c1ccc2cccnc2n1)N1C[C@H]2C[C@@H](N3CCCC3)[C@H](O)C[C@H]2C1.O=CO. The van der Waals surface area contributed by atoms with Gasteiger partial charge in [0, 0.05) is 30.7 Å². The highest BCUT2D eigenvalue weighted by Crippen LogP contribution is 2.39. The fourth-order valence-corrected chi connectivity index (χ4v) is 5.27. The minimum atomic E-state index is -0.262. The van der Waals surface area contributed by atoms with E-state index in [0.29, 0.717) is 23.2 Å². The van der Waals surface area contributed by atoms with Crippen molar-refractivity contribution in [1.82, 2.24) is 19.8 Å². The number of pyridine rings is 2. The number of rotatable bonds is 2. The number of nitrogens with zero attached hydrogens (tertiary/aromatic N) is 4. The lowest BCUT2D eigenvalue weighted by Gasteiger charge is -2.40. The highest BCUT2D eigenvalue weighted by Gasteiger charge is 2.45. The van der Waals surface area contributed by atoms with E-state index in [2.05, 4.69) is 14.9 Å². The van der Waals surface area contributed by atoms with Crippen LogP contribution in [0.5, 0.6) is 0 Å². The summed E-state index contributed by atoms with van der Waals surface area (Å²) in [7, 11) is 0. The molecule has 2 aliphatic heterocycles. The molecule has 0 unspecified atom stereocenters. The molecule has 30 heavy (non-hydrogen) atoms. The van der Waals surface area contributed by atoms with Crippen LogP contribution in [-0.4, -0.2) is 80.7 Å². The van der Waals surface area contributed by atoms with Crippen molar-refractivity contribution in [3.63, 3.8) is 0 Å². The van der Waals surface area contributed by atoms with E-state index in [-0.39, 0.29) is 24.5 Å². The van der Waals surface area contributed by atoms with Crippen molar-refractivity contribution in [2.45, 2.75) is 37.8 Å². The second kappa shape index (κ2) is 9.06. The first-order valence-electron chi connectivity index (χ1n) is 10.6. The average molecular weight is 412 g/mol. The number of aromatic nitrogens is 2. The Balaban J connectivity index is 0.000000687. The van der Waals surface area contributed by atoms with Gasteiger partial charge >= 0.3 is 0 Å². The van der Waals surface area contributed by atoms with Gasteiger partial charge in [-0.15, -0.1) is 0 Å². The topological polar surface area (TPSA) is 107 Å². The van der Waals surface area contributed by atoms with Gasteiger partial charge in [-0.2, -0.15) is 0 Å². The van der Waals surface area contributed by atoms with E-state index in [1.807, 2.05) is 23.1 Å². The zero-order valence-electron chi connectivity index (χ0n) is 16.9. The molecule has 2 aromatic rings. The molecule has 2 aromatic heterocycles. The van der Waals surface area contributed by atoms with E-state index in [1.165, 1.54) is 12.8 Å². The van der Waals surface area contributed by atoms with Crippen molar-refractivity contribution in [2.24, 2.45) is 11.8 Å². The number of amides is 1. The van der Waals surface area contributed by atoms with Crippen molar-refractivity contribution in [1.29, 1.82) is 0 Å². The Morgan fingerprint density at radius 2 is 1.80 bits per heavy atom. The van der Waals surface area contributed by atoms with Crippen LogP contribution in [0.1, 0.15) is 36.2 Å². The number of aliphatic hydroxyl groups is 1. The Morgan fingerprint density at radius 1 is 1.10 bits per heavy atom. The molecule has 0 radical (unpaired) electrons. The summed E-state index contributed by atoms with van der Waals surface area (Å²) in [6.45, 7) is 3.48. The van der Waals surface area contributed by atoms with E-state index >= 15 is 0 Å². The summed E-state index contributed by atoms with van der Waals surface area (Å²) in [5, 5.41) is 18.5. The van der Waals surface area contributed by atoms with Crippen LogP contribution in [0, 0.1) is 11.8 Å². The van der Waals surface area contributed by atoms with Gasteiger partial charge in [0.1, 0.15) is 5.69 Å². The molecule has 0 aromatic carbocycles. The minimum Gasteiger partial charge on any atom is -0.483 e. The zero-order valence-corrected chi connectivity index (χ0v) is 16.9. The summed E-state index contributed by atoms with van der Waals surface area (Å²) in [6, 6.07) is 7.81. The number of aliphatic hydroxyl groups excluding tert-OH is 1. The zero-order chi connectivity index (χ0) is 21.1. The van der Waals surface area contributed by atoms with Gasteiger partial charge in [0.05, 0.1) is 6.10 Å². The molecular weight excluding hydrogens is 384 g/mol. The first-order valence-corrected chi connectivity index (χ1v) is 10.6. The molecule has 3 fully saturated rings. The standard InChI is InChI=1S/C21H26N4O2.CH2O2/c26-19-11-16-13-25(12-15(16)10-18(19)24-8-1-2-9-24)21(27)17-6-5-14-4-3-7-22-20(14)23-17;2-1-3/h3-7,15-16,18-19,26H,1-2,8-13H2;1H,(H,2,3)/t15-,16+,18-,19-;/m1./s1. The first kappa shape index (κ1) is 20.7. The number of likely N-dealkylation sites (tertiary alicyclic amines) is 2. The van der Waals surface area contributed by atoms with Gasteiger partial charge in [0.15, 0.2) is 5.65 Å². The molecule has 5 rings (SSSR count). The lowest BCUT2D eigenvalue weighted by molar-refractivity contribution is -0.122. The fraction of sp³-hybridized carbons (Fsp3) is 0.545. The lowest BCUT2D eigenvalue weighted by Crippen LogP contribution is -2.48. The Bertz CT molecular complexity index is 902. The predicted molar refractivity (Wildman–Crippen MR) is 111 cm³/mol. The molecule has 1 saturated carbocycles. The molecule has 1 amide bonds. The minimum absolute atomic E-state index is 0.0100. The van der Waals surface area contributed by atoms with Gasteiger partial charge in [-0.3, -0.25) is 14.5 Å². The predicted octanol–water partition coefficient (Wildman–Crippen LogP) is 1.64. The van der Waals surface area contributed by atoms with Crippen LogP contribution in [0.25, 0.3) is 11.0 Å². The van der Waals surface area contributed by atoms with Crippen LogP contribution in [0.4, 0.5) is 0 Å². The molecule has 4 atom stereocenters.